The molecule has 0 radical (unpaired) electrons. The van der Waals surface area contributed by atoms with Crippen LogP contribution >= 0.6 is 0 Å². The van der Waals surface area contributed by atoms with Crippen LogP contribution in [0.2, 0.25) is 0 Å². The number of carbonyl (C=O) groups excluding carboxylic acids is 1. The summed E-state index contributed by atoms with van der Waals surface area (Å²) in [5, 5.41) is 9.42. The van der Waals surface area contributed by atoms with Crippen molar-refractivity contribution >= 4 is 5.91 Å². The number of nitrogens with two attached hydrogens (primary N) is 1. The van der Waals surface area contributed by atoms with E-state index in [1.807, 2.05) is 60.7 Å². The van der Waals surface area contributed by atoms with E-state index in [-0.39, 0.29) is 18.6 Å². The zero-order valence-electron chi connectivity index (χ0n) is 13.4. The fourth-order valence-corrected chi connectivity index (χ4v) is 2.99. The van der Waals surface area contributed by atoms with E-state index in [1.54, 1.807) is 4.90 Å². The maximum atomic E-state index is 12.5. The number of hydrogen-bond donors (Lipinski definition) is 2. The van der Waals surface area contributed by atoms with Crippen LogP contribution in [0, 0.1) is 0 Å². The Morgan fingerprint density at radius 3 is 2.21 bits per heavy atom. The highest BCUT2D eigenvalue weighted by Crippen LogP contribution is 2.28. The molecule has 1 aliphatic heterocycles. The van der Waals surface area contributed by atoms with Crippen LogP contribution in [-0.2, 0) is 22.7 Å². The summed E-state index contributed by atoms with van der Waals surface area (Å²) in [4.78, 5) is 14.2. The van der Waals surface area contributed by atoms with Crippen LogP contribution in [-0.4, -0.2) is 40.7 Å². The molecule has 0 aliphatic carbocycles. The number of ether oxygens (including phenoxy) is 1. The third-order valence-corrected chi connectivity index (χ3v) is 4.31. The first kappa shape index (κ1) is 16.6. The average molecular weight is 326 g/mol. The molecule has 3 rings (SSSR count). The maximum absolute atomic E-state index is 12.5. The molecule has 24 heavy (non-hydrogen) atoms. The molecule has 3 atom stereocenters. The van der Waals surface area contributed by atoms with Crippen LogP contribution in [0.1, 0.15) is 11.1 Å². The highest BCUT2D eigenvalue weighted by molar-refractivity contribution is 5.88. The van der Waals surface area contributed by atoms with Gasteiger partial charge in [0, 0.05) is 6.54 Å². The van der Waals surface area contributed by atoms with Gasteiger partial charge in [0.1, 0.15) is 0 Å². The molecule has 5 heteroatoms. The maximum Gasteiger partial charge on any atom is 0.254 e. The van der Waals surface area contributed by atoms with Gasteiger partial charge in [-0.3, -0.25) is 4.79 Å². The number of benzene rings is 2. The molecule has 1 fully saturated rings. The molecule has 1 aliphatic rings. The van der Waals surface area contributed by atoms with Gasteiger partial charge in [0.2, 0.25) is 0 Å². The Kier molecular flexibility index (Phi) is 5.25. The van der Waals surface area contributed by atoms with Gasteiger partial charge in [-0.25, -0.2) is 0 Å². The largest absolute Gasteiger partial charge is 0.395 e. The van der Waals surface area contributed by atoms with Crippen LogP contribution in [0.4, 0.5) is 0 Å². The Balaban J connectivity index is 1.67. The predicted octanol–water partition coefficient (Wildman–Crippen LogP) is 1.30. The SMILES string of the molecule is N[C@@H](CO)[C@H]1[C@@H](OCc2ccccc2)C(=O)N1Cc1ccccc1. The van der Waals surface area contributed by atoms with E-state index < -0.39 is 12.1 Å². The first-order chi connectivity index (χ1) is 11.7. The zero-order chi connectivity index (χ0) is 16.9. The number of amides is 1. The molecule has 0 aromatic heterocycles. The second-order valence-electron chi connectivity index (χ2n) is 6.01. The lowest BCUT2D eigenvalue weighted by Crippen LogP contribution is -2.71. The molecule has 2 aromatic carbocycles. The molecule has 0 saturated carbocycles. The second kappa shape index (κ2) is 7.57. The molecular weight excluding hydrogens is 304 g/mol. The first-order valence-electron chi connectivity index (χ1n) is 8.07. The summed E-state index contributed by atoms with van der Waals surface area (Å²) in [7, 11) is 0. The van der Waals surface area contributed by atoms with Crippen LogP contribution in [0.25, 0.3) is 0 Å². The quantitative estimate of drug-likeness (QED) is 0.752. The van der Waals surface area contributed by atoms with Crippen molar-refractivity contribution in [3.05, 3.63) is 71.8 Å². The average Bonchev–Trinajstić information content (AvgIpc) is 2.64. The predicted molar refractivity (Wildman–Crippen MR) is 90.9 cm³/mol. The van der Waals surface area contributed by atoms with Gasteiger partial charge in [-0.15, -0.1) is 0 Å². The molecular formula is C19H22N2O3. The van der Waals surface area contributed by atoms with E-state index in [2.05, 4.69) is 0 Å². The normalized spacial score (nSPS) is 21.4. The topological polar surface area (TPSA) is 75.8 Å². The molecule has 2 aromatic rings. The Morgan fingerprint density at radius 1 is 1.04 bits per heavy atom. The van der Waals surface area contributed by atoms with Gasteiger partial charge in [0.25, 0.3) is 5.91 Å². The molecule has 5 nitrogen and oxygen atoms in total. The number of rotatable bonds is 7. The van der Waals surface area contributed by atoms with Gasteiger partial charge >= 0.3 is 0 Å². The lowest BCUT2D eigenvalue weighted by Gasteiger charge is -2.49. The van der Waals surface area contributed by atoms with Crippen LogP contribution < -0.4 is 5.73 Å². The van der Waals surface area contributed by atoms with Gasteiger partial charge in [-0.1, -0.05) is 60.7 Å². The number of likely N-dealkylation sites (tertiary alicyclic amines) is 1. The van der Waals surface area contributed by atoms with Crippen molar-refractivity contribution in [1.29, 1.82) is 0 Å². The van der Waals surface area contributed by atoms with Crippen molar-refractivity contribution in [2.24, 2.45) is 5.73 Å². The van der Waals surface area contributed by atoms with Crippen LogP contribution in [0.5, 0.6) is 0 Å². The molecule has 1 amide bonds. The van der Waals surface area contributed by atoms with Gasteiger partial charge in [-0.2, -0.15) is 0 Å². The Labute approximate surface area is 141 Å². The van der Waals surface area contributed by atoms with Crippen molar-refractivity contribution in [2.75, 3.05) is 6.61 Å². The molecule has 1 saturated heterocycles. The summed E-state index contributed by atoms with van der Waals surface area (Å²) in [6, 6.07) is 18.6. The number of hydrogen-bond acceptors (Lipinski definition) is 4. The smallest absolute Gasteiger partial charge is 0.254 e. The van der Waals surface area contributed by atoms with E-state index in [9.17, 15) is 9.90 Å². The van der Waals surface area contributed by atoms with E-state index in [4.69, 9.17) is 10.5 Å². The molecule has 0 spiro atoms. The number of carbonyl (C=O) groups is 1. The second-order valence-corrected chi connectivity index (χ2v) is 6.01. The summed E-state index contributed by atoms with van der Waals surface area (Å²) in [6.07, 6.45) is -0.601. The van der Waals surface area contributed by atoms with Gasteiger partial charge in [0.05, 0.1) is 25.3 Å². The zero-order valence-corrected chi connectivity index (χ0v) is 13.4. The van der Waals surface area contributed by atoms with Crippen molar-refractivity contribution in [3.8, 4) is 0 Å². The van der Waals surface area contributed by atoms with E-state index in [0.717, 1.165) is 11.1 Å². The Bertz CT molecular complexity index is 663. The van der Waals surface area contributed by atoms with Crippen molar-refractivity contribution < 1.29 is 14.6 Å². The number of aliphatic hydroxyl groups is 1. The fourth-order valence-electron chi connectivity index (χ4n) is 2.99. The van der Waals surface area contributed by atoms with Crippen LogP contribution in [0.15, 0.2) is 60.7 Å². The Morgan fingerprint density at radius 2 is 1.62 bits per heavy atom. The summed E-state index contributed by atoms with van der Waals surface area (Å²) in [5.74, 6) is -0.0799. The first-order valence-corrected chi connectivity index (χ1v) is 8.07. The third-order valence-electron chi connectivity index (χ3n) is 4.31. The highest BCUT2D eigenvalue weighted by Gasteiger charge is 2.50. The lowest BCUT2D eigenvalue weighted by atomic mass is 9.90. The van der Waals surface area contributed by atoms with E-state index >= 15 is 0 Å². The van der Waals surface area contributed by atoms with Gasteiger partial charge in [0.15, 0.2) is 6.10 Å². The molecule has 0 bridgehead atoms. The minimum Gasteiger partial charge on any atom is -0.395 e. The molecule has 126 valence electrons. The van der Waals surface area contributed by atoms with Crippen molar-refractivity contribution in [2.45, 2.75) is 31.3 Å². The minimum atomic E-state index is -0.601. The van der Waals surface area contributed by atoms with Crippen LogP contribution in [0.3, 0.4) is 0 Å². The molecule has 3 N–H and O–H groups in total. The molecule has 1 heterocycles. The van der Waals surface area contributed by atoms with Crippen molar-refractivity contribution in [3.63, 3.8) is 0 Å². The van der Waals surface area contributed by atoms with E-state index in [1.165, 1.54) is 0 Å². The van der Waals surface area contributed by atoms with Gasteiger partial charge in [-0.05, 0) is 11.1 Å². The van der Waals surface area contributed by atoms with Crippen molar-refractivity contribution in [1.82, 2.24) is 4.90 Å². The monoisotopic (exact) mass is 326 g/mol. The third kappa shape index (κ3) is 3.48. The lowest BCUT2D eigenvalue weighted by molar-refractivity contribution is -0.180. The number of nitrogens with zero attached hydrogens (tertiary/aromatic N) is 1. The Hall–Kier alpha value is -2.21. The highest BCUT2D eigenvalue weighted by atomic mass is 16.5. The molecule has 0 unspecified atom stereocenters. The minimum absolute atomic E-state index is 0.0799. The van der Waals surface area contributed by atoms with Gasteiger partial charge < -0.3 is 20.5 Å². The summed E-state index contributed by atoms with van der Waals surface area (Å²) >= 11 is 0. The summed E-state index contributed by atoms with van der Waals surface area (Å²) in [5.41, 5.74) is 8.05. The number of β-lactam (4-membered cyclic amide) rings is 1. The van der Waals surface area contributed by atoms with E-state index in [0.29, 0.717) is 13.2 Å². The summed E-state index contributed by atoms with van der Waals surface area (Å²) < 4.78 is 5.80. The fraction of sp³-hybridized carbons (Fsp3) is 0.316. The number of aliphatic hydroxyl groups excluding tert-OH is 1. The summed E-state index contributed by atoms with van der Waals surface area (Å²) in [6.45, 7) is 0.642. The standard InChI is InChI=1S/C19H22N2O3/c20-16(12-22)17-18(24-13-15-9-5-2-6-10-15)19(23)21(17)11-14-7-3-1-4-8-14/h1-10,16-18,22H,11-13,20H2/t16-,17-,18+/m0/s1.